The van der Waals surface area contributed by atoms with Gasteiger partial charge in [0.2, 0.25) is 0 Å². The predicted octanol–water partition coefficient (Wildman–Crippen LogP) is 11.0. The number of rotatable bonds is 4. The van der Waals surface area contributed by atoms with Crippen molar-refractivity contribution in [3.05, 3.63) is 109 Å². The summed E-state index contributed by atoms with van der Waals surface area (Å²) in [7, 11) is 0. The van der Waals surface area contributed by atoms with E-state index in [4.69, 9.17) is 46.4 Å². The summed E-state index contributed by atoms with van der Waals surface area (Å²) in [5.74, 6) is 0.389. The number of phenolic OH excluding ortho intramolecular Hbond substituents is 4. The third kappa shape index (κ3) is 8.10. The lowest BCUT2D eigenvalue weighted by atomic mass is 10.0. The quantitative estimate of drug-likeness (QED) is 0.165. The third-order valence-electron chi connectivity index (χ3n) is 5.19. The van der Waals surface area contributed by atoms with E-state index < -0.39 is 0 Å². The van der Waals surface area contributed by atoms with Gasteiger partial charge in [-0.25, -0.2) is 0 Å². The van der Waals surface area contributed by atoms with E-state index in [1.54, 1.807) is 48.5 Å². The fraction of sp³-hybridized carbons (Fsp3) is 0.0769. The molecule has 0 saturated heterocycles. The predicted molar refractivity (Wildman–Crippen MR) is 169 cm³/mol. The minimum atomic E-state index is 0.0971. The summed E-state index contributed by atoms with van der Waals surface area (Å²) in [5.41, 5.74) is 2.40. The molecule has 4 aromatic rings. The Bertz CT molecular complexity index is 1290. The molecule has 0 amide bonds. The Balaban J connectivity index is 0.000000211. The van der Waals surface area contributed by atoms with Gasteiger partial charge in [0.05, 0.1) is 17.9 Å². The summed E-state index contributed by atoms with van der Waals surface area (Å²) >= 11 is 36.7. The van der Waals surface area contributed by atoms with Crippen LogP contribution in [0.3, 0.4) is 0 Å². The first kappa shape index (κ1) is 31.7. The SMILES string of the molecule is Oc1c(Br)cc(Cl)cc1Cc1cc(Cl)cc(Br)c1O.Oc1c(Br)cc(Cl)cc1Cc1cc(Cl)cc(Br)c1O. The van der Waals surface area contributed by atoms with E-state index in [9.17, 15) is 20.4 Å². The fourth-order valence-corrected chi connectivity index (χ4v) is 6.92. The second-order valence-corrected chi connectivity index (χ2v) is 13.1. The molecule has 0 heterocycles. The number of hydrogen-bond donors (Lipinski definition) is 4. The smallest absolute Gasteiger partial charge is 0.133 e. The Hall–Kier alpha value is -0.840. The minimum absolute atomic E-state index is 0.0971. The van der Waals surface area contributed by atoms with Crippen molar-refractivity contribution >= 4 is 110 Å². The average molecular weight is 854 g/mol. The van der Waals surface area contributed by atoms with Gasteiger partial charge in [-0.3, -0.25) is 0 Å². The Kier molecular flexibility index (Phi) is 11.4. The van der Waals surface area contributed by atoms with E-state index in [1.165, 1.54) is 0 Å². The molecule has 0 atom stereocenters. The molecule has 0 saturated carbocycles. The van der Waals surface area contributed by atoms with Crippen LogP contribution < -0.4 is 0 Å². The number of benzene rings is 4. The molecule has 4 rings (SSSR count). The highest BCUT2D eigenvalue weighted by molar-refractivity contribution is 9.11. The summed E-state index contributed by atoms with van der Waals surface area (Å²) in [6, 6.07) is 13.0. The molecule has 0 unspecified atom stereocenters. The highest BCUT2D eigenvalue weighted by atomic mass is 79.9. The normalized spacial score (nSPS) is 10.7. The molecule has 0 radical (unpaired) electrons. The molecule has 0 aromatic heterocycles. The van der Waals surface area contributed by atoms with Crippen LogP contribution in [0.15, 0.2) is 66.4 Å². The Morgan fingerprint density at radius 1 is 0.395 bits per heavy atom. The summed E-state index contributed by atoms with van der Waals surface area (Å²) in [5, 5.41) is 41.9. The third-order valence-corrected chi connectivity index (χ3v) is 8.48. The van der Waals surface area contributed by atoms with Crippen molar-refractivity contribution < 1.29 is 20.4 Å². The molecule has 4 nitrogen and oxygen atoms in total. The van der Waals surface area contributed by atoms with Crippen molar-refractivity contribution in [3.63, 3.8) is 0 Å². The van der Waals surface area contributed by atoms with Gasteiger partial charge >= 0.3 is 0 Å². The molecular weight excluding hydrogens is 838 g/mol. The molecule has 0 spiro atoms. The molecule has 0 aliphatic heterocycles. The van der Waals surface area contributed by atoms with E-state index in [2.05, 4.69) is 63.7 Å². The van der Waals surface area contributed by atoms with Gasteiger partial charge in [-0.1, -0.05) is 46.4 Å². The standard InChI is InChI=1S/2C13H8Br2Cl2O2/c2*14-10-4-8(16)2-6(12(10)18)1-7-3-9(17)5-11(15)13(7)19/h2*2-5,18-19H,1H2. The van der Waals surface area contributed by atoms with Gasteiger partial charge in [0.1, 0.15) is 23.0 Å². The lowest BCUT2D eigenvalue weighted by Crippen LogP contribution is -1.92. The number of hydrogen-bond acceptors (Lipinski definition) is 4. The zero-order valence-corrected chi connectivity index (χ0v) is 28.2. The van der Waals surface area contributed by atoms with Crippen LogP contribution in [0.4, 0.5) is 0 Å². The lowest BCUT2D eigenvalue weighted by Gasteiger charge is -2.10. The van der Waals surface area contributed by atoms with Crippen molar-refractivity contribution in [2.45, 2.75) is 12.8 Å². The van der Waals surface area contributed by atoms with Gasteiger partial charge in [-0.2, -0.15) is 0 Å². The summed E-state index contributed by atoms with van der Waals surface area (Å²) in [6.45, 7) is 0. The van der Waals surface area contributed by atoms with Crippen LogP contribution in [-0.2, 0) is 12.8 Å². The maximum atomic E-state index is 9.98. The molecule has 0 bridgehead atoms. The van der Waals surface area contributed by atoms with E-state index in [0.29, 0.717) is 73.1 Å². The van der Waals surface area contributed by atoms with Crippen LogP contribution in [0.1, 0.15) is 22.3 Å². The number of halogens is 8. The Morgan fingerprint density at radius 2 is 0.579 bits per heavy atom. The first-order valence-corrected chi connectivity index (χ1v) is 15.1. The molecular formula is C26H16Br4Cl4O4. The molecule has 4 N–H and O–H groups in total. The van der Waals surface area contributed by atoms with Crippen molar-refractivity contribution in [2.24, 2.45) is 0 Å². The van der Waals surface area contributed by atoms with Gasteiger partial charge < -0.3 is 20.4 Å². The topological polar surface area (TPSA) is 80.9 Å². The molecule has 4 aromatic carbocycles. The van der Waals surface area contributed by atoms with E-state index >= 15 is 0 Å². The van der Waals surface area contributed by atoms with Gasteiger partial charge in [0, 0.05) is 55.2 Å². The summed E-state index contributed by atoms with van der Waals surface area (Å²) < 4.78 is 2.04. The number of phenols is 4. The first-order valence-electron chi connectivity index (χ1n) is 10.4. The molecule has 200 valence electrons. The van der Waals surface area contributed by atoms with Crippen molar-refractivity contribution in [2.75, 3.05) is 0 Å². The van der Waals surface area contributed by atoms with E-state index in [0.717, 1.165) is 0 Å². The Morgan fingerprint density at radius 3 is 0.763 bits per heavy atom. The summed E-state index contributed by atoms with van der Waals surface area (Å²) in [4.78, 5) is 0. The van der Waals surface area contributed by atoms with Gasteiger partial charge in [-0.15, -0.1) is 0 Å². The van der Waals surface area contributed by atoms with Crippen LogP contribution >= 0.6 is 110 Å². The maximum Gasteiger partial charge on any atom is 0.133 e. The molecule has 0 aliphatic rings. The maximum absolute atomic E-state index is 9.98. The minimum Gasteiger partial charge on any atom is -0.506 e. The van der Waals surface area contributed by atoms with Crippen LogP contribution in [0.25, 0.3) is 0 Å². The second-order valence-electron chi connectivity index (χ2n) is 7.93. The highest BCUT2D eigenvalue weighted by Crippen LogP contribution is 2.39. The van der Waals surface area contributed by atoms with Crippen molar-refractivity contribution in [1.29, 1.82) is 0 Å². The zero-order valence-electron chi connectivity index (χ0n) is 18.8. The zero-order chi connectivity index (χ0) is 28.3. The highest BCUT2D eigenvalue weighted by Gasteiger charge is 2.14. The Labute approximate surface area is 272 Å². The second kappa shape index (κ2) is 13.7. The van der Waals surface area contributed by atoms with Crippen LogP contribution in [0, 0.1) is 0 Å². The largest absolute Gasteiger partial charge is 0.506 e. The van der Waals surface area contributed by atoms with Crippen LogP contribution in [0.2, 0.25) is 20.1 Å². The molecule has 0 aliphatic carbocycles. The van der Waals surface area contributed by atoms with Gasteiger partial charge in [0.15, 0.2) is 0 Å². The van der Waals surface area contributed by atoms with Crippen LogP contribution in [-0.4, -0.2) is 20.4 Å². The monoisotopic (exact) mass is 848 g/mol. The van der Waals surface area contributed by atoms with E-state index in [1.807, 2.05) is 0 Å². The lowest BCUT2D eigenvalue weighted by molar-refractivity contribution is 0.458. The van der Waals surface area contributed by atoms with Gasteiger partial charge in [-0.05, 0) is 112 Å². The van der Waals surface area contributed by atoms with E-state index in [-0.39, 0.29) is 23.0 Å². The molecule has 12 heteroatoms. The molecule has 38 heavy (non-hydrogen) atoms. The van der Waals surface area contributed by atoms with Gasteiger partial charge in [0.25, 0.3) is 0 Å². The molecule has 0 fully saturated rings. The summed E-state index contributed by atoms with van der Waals surface area (Å²) in [6.07, 6.45) is 0.631. The first-order chi connectivity index (χ1) is 17.8. The average Bonchev–Trinajstić information content (AvgIpc) is 2.82. The van der Waals surface area contributed by atoms with Crippen molar-refractivity contribution in [1.82, 2.24) is 0 Å². The van der Waals surface area contributed by atoms with Crippen LogP contribution in [0.5, 0.6) is 23.0 Å². The number of aromatic hydroxyl groups is 4. The van der Waals surface area contributed by atoms with Crippen molar-refractivity contribution in [3.8, 4) is 23.0 Å². The fourth-order valence-electron chi connectivity index (χ4n) is 3.43.